The molecule has 0 saturated heterocycles. The molecular weight excluding hydrogens is 962 g/mol. The number of allylic oxidation sites excluding steroid dienone is 3. The molecule has 64 heavy (non-hydrogen) atoms. The van der Waals surface area contributed by atoms with Crippen molar-refractivity contribution < 1.29 is 21.1 Å². The third kappa shape index (κ3) is 17.5. The third-order valence-corrected chi connectivity index (χ3v) is 11.0. The fraction of sp³-hybridized carbons (Fsp3) is 0.379. The Morgan fingerprint density at radius 2 is 1.30 bits per heavy atom. The average molecular weight is 1040 g/mol. The van der Waals surface area contributed by atoms with Crippen LogP contribution in [-0.2, 0) is 21.1 Å². The van der Waals surface area contributed by atoms with Gasteiger partial charge in [0.1, 0.15) is 11.6 Å². The van der Waals surface area contributed by atoms with Crippen LogP contribution in [0.1, 0.15) is 125 Å². The van der Waals surface area contributed by atoms with Gasteiger partial charge in [0.15, 0.2) is 0 Å². The molecule has 5 nitrogen and oxygen atoms in total. The van der Waals surface area contributed by atoms with Gasteiger partial charge in [0.25, 0.3) is 0 Å². The molecule has 2 aromatic heterocycles. The van der Waals surface area contributed by atoms with E-state index in [0.717, 1.165) is 56.9 Å². The molecule has 2 heterocycles. The largest absolute Gasteiger partial charge is 2.00 e. The normalized spacial score (nSPS) is 13.7. The van der Waals surface area contributed by atoms with Gasteiger partial charge in [-0.2, -0.15) is 0 Å². The minimum absolute atomic E-state index is 0. The van der Waals surface area contributed by atoms with Gasteiger partial charge in [-0.25, -0.2) is 0 Å². The van der Waals surface area contributed by atoms with Crippen molar-refractivity contribution in [1.82, 2.24) is 15.3 Å². The maximum atomic E-state index is 5.91. The summed E-state index contributed by atoms with van der Waals surface area (Å²) in [6.45, 7) is 40.1. The van der Waals surface area contributed by atoms with E-state index in [2.05, 4.69) is 116 Å². The first-order valence-electron chi connectivity index (χ1n) is 23.0. The van der Waals surface area contributed by atoms with Crippen molar-refractivity contribution in [2.45, 2.75) is 130 Å². The molecule has 3 N–H and O–H groups in total. The number of aryl methyl sites for hydroxylation is 3. The zero-order valence-corrected chi connectivity index (χ0v) is 44.2. The smallest absolute Gasteiger partial charge is 0.402 e. The Morgan fingerprint density at radius 1 is 0.828 bits per heavy atom. The first-order chi connectivity index (χ1) is 29.9. The van der Waals surface area contributed by atoms with E-state index in [-0.39, 0.29) is 27.0 Å². The Labute approximate surface area is 404 Å². The Hall–Kier alpha value is -4.99. The van der Waals surface area contributed by atoms with Crippen molar-refractivity contribution in [1.29, 1.82) is 0 Å². The molecule has 1 unspecified atom stereocenters. The van der Waals surface area contributed by atoms with Gasteiger partial charge in [0.2, 0.25) is 0 Å². The number of hydrogen-bond donors (Lipinski definition) is 2. The van der Waals surface area contributed by atoms with Crippen molar-refractivity contribution in [2.24, 2.45) is 22.5 Å². The zero-order chi connectivity index (χ0) is 47.3. The van der Waals surface area contributed by atoms with Crippen LogP contribution in [0.4, 0.5) is 17.3 Å². The molecule has 1 saturated carbocycles. The van der Waals surface area contributed by atoms with Gasteiger partial charge in [0.05, 0.1) is 5.69 Å². The molecule has 0 bridgehead atoms. The van der Waals surface area contributed by atoms with E-state index in [0.29, 0.717) is 10.8 Å². The summed E-state index contributed by atoms with van der Waals surface area (Å²) in [5, 5.41) is 3.27. The number of nitrogens with one attached hydrogen (secondary N) is 1. The molecule has 1 atom stereocenters. The van der Waals surface area contributed by atoms with Crippen LogP contribution in [0.25, 0.3) is 22.5 Å². The summed E-state index contributed by atoms with van der Waals surface area (Å²) < 4.78 is 0. The Kier molecular flexibility index (Phi) is 25.0. The molecule has 0 radical (unpaired) electrons. The minimum Gasteiger partial charge on any atom is -0.402 e. The summed E-state index contributed by atoms with van der Waals surface area (Å²) in [7, 11) is 0. The van der Waals surface area contributed by atoms with Crippen LogP contribution in [0.3, 0.4) is 0 Å². The van der Waals surface area contributed by atoms with Crippen molar-refractivity contribution in [3.8, 4) is 22.5 Å². The summed E-state index contributed by atoms with van der Waals surface area (Å²) >= 11 is 0. The molecule has 3 aromatic carbocycles. The molecule has 0 aliphatic heterocycles. The molecule has 0 spiro atoms. The quantitative estimate of drug-likeness (QED) is 0.136. The van der Waals surface area contributed by atoms with Crippen molar-refractivity contribution >= 4 is 17.3 Å². The molecule has 346 valence electrons. The van der Waals surface area contributed by atoms with Crippen molar-refractivity contribution in [2.75, 3.05) is 4.90 Å². The fourth-order valence-corrected chi connectivity index (χ4v) is 6.87. The summed E-state index contributed by atoms with van der Waals surface area (Å²) in [5.41, 5.74) is 19.2. The van der Waals surface area contributed by atoms with Gasteiger partial charge in [-0.05, 0) is 98.5 Å². The second-order valence-electron chi connectivity index (χ2n) is 17.4. The Balaban J connectivity index is 0.000000578. The van der Waals surface area contributed by atoms with Crippen LogP contribution < -0.4 is 16.0 Å². The summed E-state index contributed by atoms with van der Waals surface area (Å²) in [6.07, 6.45) is 9.07. The topological polar surface area (TPSA) is 67.1 Å². The fourth-order valence-electron chi connectivity index (χ4n) is 6.87. The molecule has 0 amide bonds. The van der Waals surface area contributed by atoms with Gasteiger partial charge < -0.3 is 11.1 Å². The van der Waals surface area contributed by atoms with Gasteiger partial charge >= 0.3 is 21.1 Å². The second kappa shape index (κ2) is 28.0. The van der Waals surface area contributed by atoms with E-state index < -0.39 is 0 Å². The zero-order valence-electron chi connectivity index (χ0n) is 41.9. The van der Waals surface area contributed by atoms with Crippen LogP contribution in [0.5, 0.6) is 0 Å². The van der Waals surface area contributed by atoms with Gasteiger partial charge in [-0.15, -0.1) is 71.8 Å². The molecule has 6 heteroatoms. The molecule has 6 rings (SSSR count). The summed E-state index contributed by atoms with van der Waals surface area (Å²) in [4.78, 5) is 12.3. The number of benzene rings is 3. The van der Waals surface area contributed by atoms with Crippen LogP contribution >= 0.6 is 0 Å². The van der Waals surface area contributed by atoms with E-state index in [1.807, 2.05) is 133 Å². The monoisotopic (exact) mass is 1040 g/mol. The van der Waals surface area contributed by atoms with Gasteiger partial charge in [0, 0.05) is 23.0 Å². The summed E-state index contributed by atoms with van der Waals surface area (Å²) in [6, 6.07) is 39.0. The number of rotatable bonds is 10. The predicted octanol–water partition coefficient (Wildman–Crippen LogP) is 16.5. The first-order valence-corrected chi connectivity index (χ1v) is 23.0. The van der Waals surface area contributed by atoms with Gasteiger partial charge in [-0.1, -0.05) is 149 Å². The number of aromatic nitrogens is 2. The van der Waals surface area contributed by atoms with E-state index in [4.69, 9.17) is 15.7 Å². The van der Waals surface area contributed by atoms with E-state index in [9.17, 15) is 0 Å². The van der Waals surface area contributed by atoms with Crippen LogP contribution in [0.15, 0.2) is 145 Å². The van der Waals surface area contributed by atoms with Crippen LogP contribution in [-0.4, -0.2) is 9.97 Å². The molecule has 1 aliphatic carbocycles. The number of nitrogens with two attached hydrogens (primary N) is 1. The van der Waals surface area contributed by atoms with Crippen LogP contribution in [0, 0.1) is 49.7 Å². The van der Waals surface area contributed by atoms with Crippen LogP contribution in [0.2, 0.25) is 0 Å². The second-order valence-corrected chi connectivity index (χ2v) is 17.4. The standard InChI is InChI=1S/C31H25N3.C17H28N2.C6H14.2C2H6.Pt/c1-22-20-23(2)31(24(3)21-22)34(29-18-10-16-27(32-29)25-12-6-4-7-13-25)30-19-11-17-28(33-30)26-14-8-5-9-15-26;1-7-16(18)13(3)14(4)19-12(2)11-15-9-8-10-17(15,5)6;1-5-6(2,3)4;2*1-2;/h4-12,14,16-21H,1-3H3;7,11,13,19H,2,4,8-10,18H2,1,3,5-6H3;5H2,1-4H3;2*1-2H3;/q-2;;;;;+2/b;15-11+,16-7+;;;;. The van der Waals surface area contributed by atoms with E-state index in [1.165, 1.54) is 47.9 Å². The predicted molar refractivity (Wildman–Crippen MR) is 276 cm³/mol. The SMILES string of the molecule is C=C(/C=C1\CCCC1(C)C)NC(=C)C(C)/C(N)=C\C.CC.CC.CCC(C)(C)C.Cc1cc(C)c(N(c2cccc(-c3[c-]cccc3)n2)c2cccc(-c3[c-]cccc3)n2)c(C)c1.[Pt+2]. The van der Waals surface area contributed by atoms with Gasteiger partial charge in [-0.3, -0.25) is 14.9 Å². The van der Waals surface area contributed by atoms with E-state index >= 15 is 0 Å². The Morgan fingerprint density at radius 3 is 1.67 bits per heavy atom. The number of anilines is 3. The third-order valence-electron chi connectivity index (χ3n) is 11.0. The van der Waals surface area contributed by atoms with Crippen molar-refractivity contribution in [3.05, 3.63) is 174 Å². The van der Waals surface area contributed by atoms with Crippen molar-refractivity contribution in [3.63, 3.8) is 0 Å². The maximum Gasteiger partial charge on any atom is 2.00 e. The molecule has 5 aromatic rings. The molecule has 1 fully saturated rings. The number of pyridine rings is 2. The first kappa shape index (κ1) is 57.0. The molecular formula is C58H79N5Pt. The Bertz CT molecular complexity index is 2120. The summed E-state index contributed by atoms with van der Waals surface area (Å²) in [5.74, 6) is 1.75. The average Bonchev–Trinajstić information content (AvgIpc) is 3.62. The molecule has 1 aliphatic rings. The number of nitrogens with zero attached hydrogens (tertiary/aromatic N) is 3. The minimum atomic E-state index is 0. The van der Waals surface area contributed by atoms with E-state index in [1.54, 1.807) is 0 Å². The maximum absolute atomic E-state index is 5.91. The number of hydrogen-bond acceptors (Lipinski definition) is 5.